The molecule has 16 heavy (non-hydrogen) atoms. The van der Waals surface area contributed by atoms with E-state index < -0.39 is 0 Å². The Balaban J connectivity index is 2.37. The van der Waals surface area contributed by atoms with Crippen LogP contribution in [0.1, 0.15) is 18.5 Å². The first-order valence-electron chi connectivity index (χ1n) is 5.07. The van der Waals surface area contributed by atoms with Gasteiger partial charge in [0.25, 0.3) is 0 Å². The van der Waals surface area contributed by atoms with Crippen molar-refractivity contribution < 1.29 is 4.79 Å². The molecule has 0 saturated carbocycles. The van der Waals surface area contributed by atoms with Crippen molar-refractivity contribution in [3.8, 4) is 12.3 Å². The highest BCUT2D eigenvalue weighted by Crippen LogP contribution is 2.08. The molecule has 84 valence electrons. The standard InChI is InChI=1S/C12H15N3O/c1-3-6-13-9-12(16)15-10(2)11-5-4-7-14-8-11/h1,4-5,7-8,10,13H,6,9H2,2H3,(H,15,16). The lowest BCUT2D eigenvalue weighted by Crippen LogP contribution is -2.35. The van der Waals surface area contributed by atoms with Crippen molar-refractivity contribution in [2.24, 2.45) is 0 Å². The van der Waals surface area contributed by atoms with Crippen LogP contribution < -0.4 is 10.6 Å². The summed E-state index contributed by atoms with van der Waals surface area (Å²) in [4.78, 5) is 15.4. The predicted octanol–water partition coefficient (Wildman–Crippen LogP) is 0.482. The number of aromatic nitrogens is 1. The summed E-state index contributed by atoms with van der Waals surface area (Å²) in [6.07, 6.45) is 8.49. The summed E-state index contributed by atoms with van der Waals surface area (Å²) in [6.45, 7) is 2.54. The number of nitrogens with zero attached hydrogens (tertiary/aromatic N) is 1. The Hall–Kier alpha value is -1.86. The van der Waals surface area contributed by atoms with E-state index in [1.165, 1.54) is 0 Å². The van der Waals surface area contributed by atoms with Gasteiger partial charge in [0.1, 0.15) is 0 Å². The van der Waals surface area contributed by atoms with E-state index in [-0.39, 0.29) is 18.5 Å². The van der Waals surface area contributed by atoms with Crippen LogP contribution in [0.4, 0.5) is 0 Å². The fraction of sp³-hybridized carbons (Fsp3) is 0.333. The van der Waals surface area contributed by atoms with Crippen LogP contribution in [0.5, 0.6) is 0 Å². The Morgan fingerprint density at radius 3 is 3.12 bits per heavy atom. The zero-order chi connectivity index (χ0) is 11.8. The largest absolute Gasteiger partial charge is 0.348 e. The van der Waals surface area contributed by atoms with E-state index in [2.05, 4.69) is 21.5 Å². The molecule has 0 radical (unpaired) electrons. The van der Waals surface area contributed by atoms with E-state index in [0.29, 0.717) is 6.54 Å². The molecular formula is C12H15N3O. The minimum Gasteiger partial charge on any atom is -0.348 e. The maximum atomic E-state index is 11.4. The third kappa shape index (κ3) is 4.11. The highest BCUT2D eigenvalue weighted by Gasteiger charge is 2.08. The van der Waals surface area contributed by atoms with Gasteiger partial charge in [0, 0.05) is 12.4 Å². The van der Waals surface area contributed by atoms with Crippen molar-refractivity contribution in [2.45, 2.75) is 13.0 Å². The number of hydrogen-bond donors (Lipinski definition) is 2. The number of carbonyl (C=O) groups excluding carboxylic acids is 1. The van der Waals surface area contributed by atoms with Gasteiger partial charge in [-0.3, -0.25) is 15.1 Å². The van der Waals surface area contributed by atoms with Crippen LogP contribution >= 0.6 is 0 Å². The monoisotopic (exact) mass is 217 g/mol. The van der Waals surface area contributed by atoms with Gasteiger partial charge in [-0.15, -0.1) is 6.42 Å². The molecule has 0 spiro atoms. The van der Waals surface area contributed by atoms with E-state index >= 15 is 0 Å². The van der Waals surface area contributed by atoms with Crippen LogP contribution in [0.25, 0.3) is 0 Å². The molecule has 0 aliphatic heterocycles. The maximum Gasteiger partial charge on any atom is 0.234 e. The second kappa shape index (κ2) is 6.59. The maximum absolute atomic E-state index is 11.4. The van der Waals surface area contributed by atoms with E-state index in [1.807, 2.05) is 19.1 Å². The van der Waals surface area contributed by atoms with E-state index in [9.17, 15) is 4.79 Å². The summed E-state index contributed by atoms with van der Waals surface area (Å²) in [5.41, 5.74) is 0.979. The molecule has 1 unspecified atom stereocenters. The Kier molecular flexibility index (Phi) is 5.03. The lowest BCUT2D eigenvalue weighted by molar-refractivity contribution is -0.120. The number of nitrogens with one attached hydrogen (secondary N) is 2. The third-order valence-corrected chi connectivity index (χ3v) is 2.07. The van der Waals surface area contributed by atoms with Crippen LogP contribution in [0, 0.1) is 12.3 Å². The van der Waals surface area contributed by atoms with Gasteiger partial charge in [0.15, 0.2) is 0 Å². The SMILES string of the molecule is C#CCNCC(=O)NC(C)c1cccnc1. The molecule has 0 fully saturated rings. The molecule has 0 aliphatic rings. The van der Waals surface area contributed by atoms with Gasteiger partial charge in [0.2, 0.25) is 5.91 Å². The molecule has 1 aromatic heterocycles. The Morgan fingerprint density at radius 2 is 2.50 bits per heavy atom. The number of pyridine rings is 1. The van der Waals surface area contributed by atoms with Gasteiger partial charge in [-0.2, -0.15) is 0 Å². The van der Waals surface area contributed by atoms with E-state index in [4.69, 9.17) is 6.42 Å². The lowest BCUT2D eigenvalue weighted by Gasteiger charge is -2.13. The quantitative estimate of drug-likeness (QED) is 0.557. The Labute approximate surface area is 95.5 Å². The molecule has 0 aromatic carbocycles. The van der Waals surface area contributed by atoms with Crippen molar-refractivity contribution in [3.05, 3.63) is 30.1 Å². The van der Waals surface area contributed by atoms with Crippen LogP contribution in [0.15, 0.2) is 24.5 Å². The summed E-state index contributed by atoms with van der Waals surface area (Å²) in [6, 6.07) is 3.72. The van der Waals surface area contributed by atoms with Crippen molar-refractivity contribution in [3.63, 3.8) is 0 Å². The van der Waals surface area contributed by atoms with Gasteiger partial charge >= 0.3 is 0 Å². The average molecular weight is 217 g/mol. The smallest absolute Gasteiger partial charge is 0.234 e. The summed E-state index contributed by atoms with van der Waals surface area (Å²) in [5.74, 6) is 2.33. The van der Waals surface area contributed by atoms with Crippen LogP contribution in [0.3, 0.4) is 0 Å². The number of amides is 1. The number of hydrogen-bond acceptors (Lipinski definition) is 3. The van der Waals surface area contributed by atoms with Gasteiger partial charge < -0.3 is 5.32 Å². The molecule has 4 heteroatoms. The van der Waals surface area contributed by atoms with Gasteiger partial charge in [-0.05, 0) is 18.6 Å². The minimum absolute atomic E-state index is 0.0474. The number of rotatable bonds is 5. The molecule has 1 amide bonds. The molecule has 0 aliphatic carbocycles. The number of terminal acetylenes is 1. The highest BCUT2D eigenvalue weighted by molar-refractivity contribution is 5.78. The van der Waals surface area contributed by atoms with Gasteiger partial charge in [0.05, 0.1) is 19.1 Å². The van der Waals surface area contributed by atoms with Crippen LogP contribution in [-0.4, -0.2) is 24.0 Å². The molecule has 0 bridgehead atoms. The van der Waals surface area contributed by atoms with Crippen molar-refractivity contribution >= 4 is 5.91 Å². The number of carbonyl (C=O) groups is 1. The molecule has 1 atom stereocenters. The molecule has 1 aromatic rings. The van der Waals surface area contributed by atoms with Crippen molar-refractivity contribution in [2.75, 3.05) is 13.1 Å². The fourth-order valence-electron chi connectivity index (χ4n) is 1.26. The predicted molar refractivity (Wildman–Crippen MR) is 62.5 cm³/mol. The molecule has 4 nitrogen and oxygen atoms in total. The van der Waals surface area contributed by atoms with E-state index in [1.54, 1.807) is 12.4 Å². The lowest BCUT2D eigenvalue weighted by atomic mass is 10.1. The van der Waals surface area contributed by atoms with Crippen LogP contribution in [0.2, 0.25) is 0 Å². The molecule has 1 rings (SSSR count). The van der Waals surface area contributed by atoms with Crippen molar-refractivity contribution in [1.29, 1.82) is 0 Å². The summed E-state index contributed by atoms with van der Waals surface area (Å²) >= 11 is 0. The molecule has 2 N–H and O–H groups in total. The second-order valence-corrected chi connectivity index (χ2v) is 3.38. The minimum atomic E-state index is -0.0772. The average Bonchev–Trinajstić information content (AvgIpc) is 2.30. The first-order chi connectivity index (χ1) is 7.74. The topological polar surface area (TPSA) is 54.0 Å². The molecular weight excluding hydrogens is 202 g/mol. The van der Waals surface area contributed by atoms with Gasteiger partial charge in [-0.25, -0.2) is 0 Å². The first-order valence-corrected chi connectivity index (χ1v) is 5.07. The zero-order valence-electron chi connectivity index (χ0n) is 9.23. The van der Waals surface area contributed by atoms with Gasteiger partial charge in [-0.1, -0.05) is 12.0 Å². The second-order valence-electron chi connectivity index (χ2n) is 3.38. The summed E-state index contributed by atoms with van der Waals surface area (Å²) < 4.78 is 0. The van der Waals surface area contributed by atoms with Crippen molar-refractivity contribution in [1.82, 2.24) is 15.6 Å². The normalized spacial score (nSPS) is 11.5. The zero-order valence-corrected chi connectivity index (χ0v) is 9.23. The summed E-state index contributed by atoms with van der Waals surface area (Å²) in [7, 11) is 0. The third-order valence-electron chi connectivity index (χ3n) is 2.07. The Bertz CT molecular complexity index is 370. The molecule has 1 heterocycles. The fourth-order valence-corrected chi connectivity index (χ4v) is 1.26. The van der Waals surface area contributed by atoms with Crippen LogP contribution in [-0.2, 0) is 4.79 Å². The highest BCUT2D eigenvalue weighted by atomic mass is 16.1. The molecule has 0 saturated heterocycles. The Morgan fingerprint density at radius 1 is 1.69 bits per heavy atom. The van der Waals surface area contributed by atoms with E-state index in [0.717, 1.165) is 5.56 Å². The first kappa shape index (κ1) is 12.2. The summed E-state index contributed by atoms with van der Waals surface area (Å²) in [5, 5.41) is 5.67.